The molecule has 0 spiro atoms. The fraction of sp³-hybridized carbons (Fsp3) is 0.652. The van der Waals surface area contributed by atoms with E-state index >= 15 is 0 Å². The van der Waals surface area contributed by atoms with Gasteiger partial charge in [-0.15, -0.1) is 0 Å². The standard InChI is InChI=1S/C23H36O6/c1-17-16-21(26-4)23(27-5)22(29-19(3)25)20(17)14-12-10-8-6-7-9-11-13-15-28-18(2)24/h16H,6-15H2,1-5H3. The lowest BCUT2D eigenvalue weighted by molar-refractivity contribution is -0.141. The van der Waals surface area contributed by atoms with E-state index in [4.69, 9.17) is 18.9 Å². The highest BCUT2D eigenvalue weighted by Gasteiger charge is 2.20. The normalized spacial score (nSPS) is 10.5. The van der Waals surface area contributed by atoms with Crippen LogP contribution < -0.4 is 14.2 Å². The van der Waals surface area contributed by atoms with E-state index in [1.807, 2.05) is 13.0 Å². The van der Waals surface area contributed by atoms with Gasteiger partial charge >= 0.3 is 11.9 Å². The van der Waals surface area contributed by atoms with Crippen LogP contribution in [-0.4, -0.2) is 32.8 Å². The van der Waals surface area contributed by atoms with Crippen molar-refractivity contribution in [3.05, 3.63) is 17.2 Å². The molecule has 0 aliphatic carbocycles. The highest BCUT2D eigenvalue weighted by atomic mass is 16.6. The highest BCUT2D eigenvalue weighted by molar-refractivity contribution is 5.73. The number of aryl methyl sites for hydroxylation is 1. The molecule has 6 heteroatoms. The van der Waals surface area contributed by atoms with Crippen LogP contribution in [0.1, 0.15) is 76.3 Å². The molecule has 1 aromatic rings. The van der Waals surface area contributed by atoms with Gasteiger partial charge < -0.3 is 18.9 Å². The maximum atomic E-state index is 11.6. The average Bonchev–Trinajstić information content (AvgIpc) is 2.66. The molecule has 0 saturated heterocycles. The summed E-state index contributed by atoms with van der Waals surface area (Å²) in [5.41, 5.74) is 2.04. The van der Waals surface area contributed by atoms with Crippen molar-refractivity contribution in [2.24, 2.45) is 0 Å². The number of benzene rings is 1. The summed E-state index contributed by atoms with van der Waals surface area (Å²) in [7, 11) is 3.13. The summed E-state index contributed by atoms with van der Waals surface area (Å²) in [4.78, 5) is 22.3. The van der Waals surface area contributed by atoms with Crippen LogP contribution in [0.2, 0.25) is 0 Å². The molecule has 1 aromatic carbocycles. The minimum absolute atomic E-state index is 0.202. The number of esters is 2. The number of ether oxygens (including phenoxy) is 4. The van der Waals surface area contributed by atoms with Gasteiger partial charge in [-0.05, 0) is 37.8 Å². The van der Waals surface area contributed by atoms with E-state index in [0.717, 1.165) is 43.2 Å². The van der Waals surface area contributed by atoms with Gasteiger partial charge in [0.1, 0.15) is 0 Å². The maximum Gasteiger partial charge on any atom is 0.308 e. The first kappa shape index (κ1) is 24.8. The van der Waals surface area contributed by atoms with Crippen molar-refractivity contribution in [2.75, 3.05) is 20.8 Å². The Morgan fingerprint density at radius 2 is 1.38 bits per heavy atom. The first-order chi connectivity index (χ1) is 13.9. The van der Waals surface area contributed by atoms with Crippen LogP contribution in [-0.2, 0) is 20.7 Å². The summed E-state index contributed by atoms with van der Waals surface area (Å²) in [6.45, 7) is 5.37. The minimum atomic E-state index is -0.370. The number of rotatable bonds is 14. The van der Waals surface area contributed by atoms with Crippen LogP contribution >= 0.6 is 0 Å². The van der Waals surface area contributed by atoms with Crippen molar-refractivity contribution in [1.82, 2.24) is 0 Å². The van der Waals surface area contributed by atoms with Crippen LogP contribution in [0, 0.1) is 6.92 Å². The fourth-order valence-electron chi connectivity index (χ4n) is 3.37. The highest BCUT2D eigenvalue weighted by Crippen LogP contribution is 2.42. The van der Waals surface area contributed by atoms with E-state index in [-0.39, 0.29) is 11.9 Å². The Morgan fingerprint density at radius 1 is 0.793 bits per heavy atom. The van der Waals surface area contributed by atoms with Gasteiger partial charge in [-0.2, -0.15) is 0 Å². The molecule has 0 unspecified atom stereocenters. The van der Waals surface area contributed by atoms with Crippen LogP contribution in [0.3, 0.4) is 0 Å². The SMILES string of the molecule is COc1cc(C)c(CCCCCCCCCCOC(C)=O)c(OC(C)=O)c1OC. The number of methoxy groups -OCH3 is 2. The molecule has 0 aliphatic rings. The van der Waals surface area contributed by atoms with Gasteiger partial charge in [0.15, 0.2) is 11.5 Å². The van der Waals surface area contributed by atoms with E-state index in [2.05, 4.69) is 0 Å². The average molecular weight is 409 g/mol. The molecule has 0 amide bonds. The molecular formula is C23H36O6. The summed E-state index contributed by atoms with van der Waals surface area (Å²) in [6, 6.07) is 1.93. The van der Waals surface area contributed by atoms with E-state index in [1.54, 1.807) is 14.2 Å². The molecule has 0 fully saturated rings. The Balaban J connectivity index is 2.44. The van der Waals surface area contributed by atoms with Crippen molar-refractivity contribution in [3.8, 4) is 17.2 Å². The van der Waals surface area contributed by atoms with Gasteiger partial charge in [-0.1, -0.05) is 38.5 Å². The zero-order valence-electron chi connectivity index (χ0n) is 18.6. The van der Waals surface area contributed by atoms with Gasteiger partial charge in [0.05, 0.1) is 20.8 Å². The molecular weight excluding hydrogens is 372 g/mol. The third-order valence-corrected chi connectivity index (χ3v) is 4.82. The van der Waals surface area contributed by atoms with Crippen molar-refractivity contribution in [1.29, 1.82) is 0 Å². The lowest BCUT2D eigenvalue weighted by atomic mass is 9.99. The number of unbranched alkanes of at least 4 members (excludes halogenated alkanes) is 7. The van der Waals surface area contributed by atoms with Crippen LogP contribution in [0.4, 0.5) is 0 Å². The van der Waals surface area contributed by atoms with E-state index in [1.165, 1.54) is 39.5 Å². The molecule has 0 atom stereocenters. The number of carbonyl (C=O) groups excluding carboxylic acids is 2. The van der Waals surface area contributed by atoms with Gasteiger partial charge in [-0.3, -0.25) is 9.59 Å². The molecule has 0 N–H and O–H groups in total. The third kappa shape index (κ3) is 9.20. The Morgan fingerprint density at radius 3 is 1.90 bits per heavy atom. The zero-order valence-corrected chi connectivity index (χ0v) is 18.6. The number of hydrogen-bond donors (Lipinski definition) is 0. The van der Waals surface area contributed by atoms with Crippen LogP contribution in [0.5, 0.6) is 17.2 Å². The lowest BCUT2D eigenvalue weighted by Gasteiger charge is -2.18. The molecule has 1 rings (SSSR count). The van der Waals surface area contributed by atoms with Gasteiger partial charge in [0.2, 0.25) is 5.75 Å². The molecule has 0 aliphatic heterocycles. The van der Waals surface area contributed by atoms with Crippen molar-refractivity contribution in [3.63, 3.8) is 0 Å². The summed E-state index contributed by atoms with van der Waals surface area (Å²) >= 11 is 0. The van der Waals surface area contributed by atoms with Crippen molar-refractivity contribution in [2.45, 2.75) is 78.6 Å². The summed E-state index contributed by atoms with van der Waals surface area (Å²) in [6.07, 6.45) is 9.78. The van der Waals surface area contributed by atoms with E-state index < -0.39 is 0 Å². The first-order valence-electron chi connectivity index (χ1n) is 10.5. The summed E-state index contributed by atoms with van der Waals surface area (Å²) in [5.74, 6) is 0.942. The topological polar surface area (TPSA) is 71.1 Å². The van der Waals surface area contributed by atoms with Gasteiger partial charge in [0, 0.05) is 19.4 Å². The van der Waals surface area contributed by atoms with Crippen LogP contribution in [0.25, 0.3) is 0 Å². The number of carbonyl (C=O) groups is 2. The monoisotopic (exact) mass is 408 g/mol. The van der Waals surface area contributed by atoms with Gasteiger partial charge in [-0.25, -0.2) is 0 Å². The minimum Gasteiger partial charge on any atom is -0.493 e. The second-order valence-electron chi connectivity index (χ2n) is 7.25. The molecule has 0 heterocycles. The Labute approximate surface area is 174 Å². The molecule has 0 radical (unpaired) electrons. The number of hydrogen-bond acceptors (Lipinski definition) is 6. The quantitative estimate of drug-likeness (QED) is 0.240. The largest absolute Gasteiger partial charge is 0.493 e. The molecule has 0 aromatic heterocycles. The molecule has 0 saturated carbocycles. The first-order valence-corrected chi connectivity index (χ1v) is 10.5. The van der Waals surface area contributed by atoms with E-state index in [0.29, 0.717) is 23.9 Å². The van der Waals surface area contributed by atoms with Crippen LogP contribution in [0.15, 0.2) is 6.07 Å². The third-order valence-electron chi connectivity index (χ3n) is 4.82. The molecule has 164 valence electrons. The van der Waals surface area contributed by atoms with E-state index in [9.17, 15) is 9.59 Å². The Bertz CT molecular complexity index is 653. The van der Waals surface area contributed by atoms with Crippen molar-refractivity contribution < 1.29 is 28.5 Å². The summed E-state index contributed by atoms with van der Waals surface area (Å²) in [5, 5.41) is 0. The summed E-state index contributed by atoms with van der Waals surface area (Å²) < 4.78 is 21.2. The Kier molecular flexibility index (Phi) is 11.8. The molecule has 29 heavy (non-hydrogen) atoms. The predicted octanol–water partition coefficient (Wildman–Crippen LogP) is 5.16. The van der Waals surface area contributed by atoms with Crippen molar-refractivity contribution >= 4 is 11.9 Å². The second-order valence-corrected chi connectivity index (χ2v) is 7.25. The smallest absolute Gasteiger partial charge is 0.308 e. The Hall–Kier alpha value is -2.24. The fourth-order valence-corrected chi connectivity index (χ4v) is 3.37. The van der Waals surface area contributed by atoms with Gasteiger partial charge in [0.25, 0.3) is 0 Å². The lowest BCUT2D eigenvalue weighted by Crippen LogP contribution is -2.08. The zero-order chi connectivity index (χ0) is 21.6. The predicted molar refractivity (Wildman–Crippen MR) is 113 cm³/mol. The second kappa shape index (κ2) is 13.9. The maximum absolute atomic E-state index is 11.6. The molecule has 0 bridgehead atoms. The molecule has 6 nitrogen and oxygen atoms in total.